The maximum absolute atomic E-state index is 13.8. The van der Waals surface area contributed by atoms with Crippen molar-refractivity contribution in [3.63, 3.8) is 0 Å². The highest BCUT2D eigenvalue weighted by Crippen LogP contribution is 2.31. The summed E-state index contributed by atoms with van der Waals surface area (Å²) in [5.41, 5.74) is 11.8. The van der Waals surface area contributed by atoms with Gasteiger partial charge in [0.05, 0.1) is 34.8 Å². The molecule has 4 N–H and O–H groups in total. The highest BCUT2D eigenvalue weighted by Gasteiger charge is 2.25. The average molecular weight is 478 g/mol. The van der Waals surface area contributed by atoms with Crippen LogP contribution in [-0.4, -0.2) is 59.2 Å². The van der Waals surface area contributed by atoms with Crippen LogP contribution >= 0.6 is 0 Å². The van der Waals surface area contributed by atoms with Crippen molar-refractivity contribution in [3.05, 3.63) is 66.9 Å². The van der Waals surface area contributed by atoms with Crippen molar-refractivity contribution in [1.82, 2.24) is 40.1 Å². The van der Waals surface area contributed by atoms with Crippen LogP contribution in [0.2, 0.25) is 0 Å². The molecule has 10 nitrogen and oxygen atoms in total. The predicted molar refractivity (Wildman–Crippen MR) is 133 cm³/mol. The molecule has 11 heteroatoms. The van der Waals surface area contributed by atoms with Gasteiger partial charge < -0.3 is 15.6 Å². The molecule has 7 rings (SSSR count). The van der Waals surface area contributed by atoms with Gasteiger partial charge >= 0.3 is 0 Å². The Labute approximate surface area is 203 Å². The third-order valence-corrected chi connectivity index (χ3v) is 6.25. The second-order valence-corrected chi connectivity index (χ2v) is 8.74. The molecule has 5 aromatic heterocycles. The first-order valence-corrected chi connectivity index (χ1v) is 11.4. The molecule has 0 saturated carbocycles. The Morgan fingerprint density at radius 3 is 2.67 bits per heavy atom. The zero-order chi connectivity index (χ0) is 24.2. The van der Waals surface area contributed by atoms with Gasteiger partial charge in [-0.2, -0.15) is 5.10 Å². The SMILES string of the molecule is NC1CN(c2cncc(-c3ccc4[nH]nc(-c5nc6c(-c7cccc(F)c7)nccc6[nH]5)c4n3)n2)C1. The van der Waals surface area contributed by atoms with Crippen LogP contribution in [0.25, 0.3) is 56.2 Å². The normalized spacial score (nSPS) is 14.0. The van der Waals surface area contributed by atoms with Gasteiger partial charge in [-0.25, -0.2) is 19.3 Å². The van der Waals surface area contributed by atoms with Crippen molar-refractivity contribution >= 4 is 27.9 Å². The average Bonchev–Trinajstić information content (AvgIpc) is 3.50. The Hall–Kier alpha value is -4.77. The summed E-state index contributed by atoms with van der Waals surface area (Å²) in [7, 11) is 0. The third kappa shape index (κ3) is 3.36. The molecule has 176 valence electrons. The van der Waals surface area contributed by atoms with Gasteiger partial charge in [0.1, 0.15) is 28.4 Å². The number of pyridine rings is 2. The zero-order valence-electron chi connectivity index (χ0n) is 18.9. The number of benzene rings is 1. The van der Waals surface area contributed by atoms with E-state index in [-0.39, 0.29) is 11.9 Å². The van der Waals surface area contributed by atoms with E-state index < -0.39 is 0 Å². The number of halogens is 1. The topological polar surface area (TPSA) is 138 Å². The molecule has 1 fully saturated rings. The summed E-state index contributed by atoms with van der Waals surface area (Å²) >= 11 is 0. The van der Waals surface area contributed by atoms with Gasteiger partial charge in [0.25, 0.3) is 0 Å². The number of nitrogens with two attached hydrogens (primary N) is 1. The van der Waals surface area contributed by atoms with Crippen LogP contribution in [-0.2, 0) is 0 Å². The molecular weight excluding hydrogens is 459 g/mol. The first kappa shape index (κ1) is 20.6. The van der Waals surface area contributed by atoms with Crippen molar-refractivity contribution in [1.29, 1.82) is 0 Å². The third-order valence-electron chi connectivity index (χ3n) is 6.25. The molecule has 0 spiro atoms. The van der Waals surface area contributed by atoms with Gasteiger partial charge in [-0.3, -0.25) is 15.1 Å². The van der Waals surface area contributed by atoms with Gasteiger partial charge in [-0.1, -0.05) is 12.1 Å². The van der Waals surface area contributed by atoms with E-state index >= 15 is 0 Å². The van der Waals surface area contributed by atoms with Crippen molar-refractivity contribution in [3.8, 4) is 34.2 Å². The van der Waals surface area contributed by atoms with Crippen LogP contribution in [0.1, 0.15) is 0 Å². The number of aromatic amines is 2. The van der Waals surface area contributed by atoms with Gasteiger partial charge in [-0.15, -0.1) is 0 Å². The largest absolute Gasteiger partial charge is 0.352 e. The minimum Gasteiger partial charge on any atom is -0.352 e. The second-order valence-electron chi connectivity index (χ2n) is 8.74. The lowest BCUT2D eigenvalue weighted by atomic mass is 10.1. The van der Waals surface area contributed by atoms with Crippen LogP contribution in [0, 0.1) is 5.82 Å². The molecule has 0 unspecified atom stereocenters. The number of nitrogens with one attached hydrogen (secondary N) is 2. The fourth-order valence-corrected chi connectivity index (χ4v) is 4.43. The fraction of sp³-hybridized carbons (Fsp3) is 0.120. The highest BCUT2D eigenvalue weighted by molar-refractivity contribution is 5.95. The number of anilines is 1. The van der Waals surface area contributed by atoms with Gasteiger partial charge in [0, 0.05) is 30.9 Å². The Morgan fingerprint density at radius 2 is 1.81 bits per heavy atom. The molecule has 36 heavy (non-hydrogen) atoms. The number of hydrogen-bond donors (Lipinski definition) is 3. The maximum Gasteiger partial charge on any atom is 0.161 e. The zero-order valence-corrected chi connectivity index (χ0v) is 18.9. The first-order valence-electron chi connectivity index (χ1n) is 11.4. The van der Waals surface area contributed by atoms with Crippen molar-refractivity contribution in [2.24, 2.45) is 5.73 Å². The van der Waals surface area contributed by atoms with E-state index in [4.69, 9.17) is 20.7 Å². The Kier molecular flexibility index (Phi) is 4.51. The lowest BCUT2D eigenvalue weighted by molar-refractivity contribution is 0.514. The summed E-state index contributed by atoms with van der Waals surface area (Å²) in [5.74, 6) is 0.973. The van der Waals surface area contributed by atoms with Crippen LogP contribution in [0.3, 0.4) is 0 Å². The number of fused-ring (bicyclic) bond motifs is 2. The lowest BCUT2D eigenvalue weighted by Crippen LogP contribution is -2.56. The van der Waals surface area contributed by atoms with E-state index in [9.17, 15) is 4.39 Å². The van der Waals surface area contributed by atoms with E-state index in [0.717, 1.165) is 29.9 Å². The standard InChI is InChI=1S/C25H19FN10/c26-14-3-1-2-13(8-14)21-22-17(6-7-29-21)32-25(33-22)24-23-18(34-35-24)5-4-16(31-23)19-9-28-10-20(30-19)36-11-15(27)12-36/h1-10,15H,11-12,27H2,(H,32,33)(H,34,35). The molecule has 1 aromatic carbocycles. The molecule has 0 atom stereocenters. The molecular formula is C25H19FN10. The molecule has 6 heterocycles. The molecule has 6 aromatic rings. The molecule has 0 aliphatic carbocycles. The van der Waals surface area contributed by atoms with Crippen molar-refractivity contribution in [2.45, 2.75) is 6.04 Å². The minimum absolute atomic E-state index is 0.166. The smallest absolute Gasteiger partial charge is 0.161 e. The first-order chi connectivity index (χ1) is 17.6. The van der Waals surface area contributed by atoms with Crippen LogP contribution in [0.4, 0.5) is 10.2 Å². The van der Waals surface area contributed by atoms with Crippen molar-refractivity contribution in [2.75, 3.05) is 18.0 Å². The van der Waals surface area contributed by atoms with E-state index in [1.54, 1.807) is 30.7 Å². The number of hydrogen-bond acceptors (Lipinski definition) is 8. The number of imidazole rings is 1. The molecule has 1 aliphatic rings. The van der Waals surface area contributed by atoms with Crippen LogP contribution in [0.5, 0.6) is 0 Å². The molecule has 0 radical (unpaired) electrons. The number of nitrogens with zero attached hydrogens (tertiary/aromatic N) is 7. The van der Waals surface area contributed by atoms with E-state index in [2.05, 4.69) is 30.0 Å². The van der Waals surface area contributed by atoms with Gasteiger partial charge in [0.15, 0.2) is 11.5 Å². The summed E-state index contributed by atoms with van der Waals surface area (Å²) in [6, 6.07) is 12.1. The van der Waals surface area contributed by atoms with Crippen LogP contribution in [0.15, 0.2) is 61.1 Å². The van der Waals surface area contributed by atoms with Crippen LogP contribution < -0.4 is 10.6 Å². The number of aromatic nitrogens is 8. The van der Waals surface area contributed by atoms with E-state index in [1.165, 1.54) is 12.1 Å². The molecule has 1 saturated heterocycles. The summed E-state index contributed by atoms with van der Waals surface area (Å²) in [5, 5.41) is 7.49. The van der Waals surface area contributed by atoms with Crippen molar-refractivity contribution < 1.29 is 4.39 Å². The Bertz CT molecular complexity index is 1750. The number of H-pyrrole nitrogens is 2. The molecule has 1 aliphatic heterocycles. The maximum atomic E-state index is 13.8. The van der Waals surface area contributed by atoms with E-state index in [0.29, 0.717) is 45.2 Å². The lowest BCUT2D eigenvalue weighted by Gasteiger charge is -2.37. The molecule has 0 amide bonds. The van der Waals surface area contributed by atoms with Gasteiger partial charge in [-0.05, 0) is 30.3 Å². The monoisotopic (exact) mass is 478 g/mol. The summed E-state index contributed by atoms with van der Waals surface area (Å²) in [6.45, 7) is 1.52. The Balaban J connectivity index is 1.31. The minimum atomic E-state index is -0.332. The summed E-state index contributed by atoms with van der Waals surface area (Å²) < 4.78 is 13.8. The highest BCUT2D eigenvalue weighted by atomic mass is 19.1. The van der Waals surface area contributed by atoms with E-state index in [1.807, 2.05) is 18.2 Å². The quantitative estimate of drug-likeness (QED) is 0.351. The second kappa shape index (κ2) is 7.89. The van der Waals surface area contributed by atoms with Gasteiger partial charge in [0.2, 0.25) is 0 Å². The summed E-state index contributed by atoms with van der Waals surface area (Å²) in [6.07, 6.45) is 5.09. The molecule has 0 bridgehead atoms. The summed E-state index contributed by atoms with van der Waals surface area (Å²) in [4.78, 5) is 28.5. The Morgan fingerprint density at radius 1 is 0.917 bits per heavy atom. The number of rotatable bonds is 4. The fourth-order valence-electron chi connectivity index (χ4n) is 4.43. The predicted octanol–water partition coefficient (Wildman–Crippen LogP) is 3.31.